The van der Waals surface area contributed by atoms with Crippen LogP contribution in [0.5, 0.6) is 0 Å². The van der Waals surface area contributed by atoms with Gasteiger partial charge in [-0.25, -0.2) is 4.98 Å². The van der Waals surface area contributed by atoms with Crippen molar-refractivity contribution in [3.05, 3.63) is 18.2 Å². The van der Waals surface area contributed by atoms with E-state index in [4.69, 9.17) is 0 Å². The minimum Gasteiger partial charge on any atom is -0.347 e. The van der Waals surface area contributed by atoms with Gasteiger partial charge in [0.1, 0.15) is 12.4 Å². The highest BCUT2D eigenvalue weighted by Gasteiger charge is 2.30. The Labute approximate surface area is 102 Å². The predicted molar refractivity (Wildman–Crippen MR) is 57.7 cm³/mol. The number of imidazole rings is 1. The quantitative estimate of drug-likeness (QED) is 0.724. The normalized spacial score (nSPS) is 14.7. The lowest BCUT2D eigenvalue weighted by Gasteiger charge is -2.16. The molecule has 1 heterocycles. The van der Waals surface area contributed by atoms with E-state index in [9.17, 15) is 21.6 Å². The van der Waals surface area contributed by atoms with Crippen LogP contribution in [0.1, 0.15) is 25.2 Å². The second-order valence-electron chi connectivity index (χ2n) is 3.49. The molecule has 0 radical (unpaired) electrons. The maximum atomic E-state index is 11.9. The van der Waals surface area contributed by atoms with Crippen molar-refractivity contribution in [1.82, 2.24) is 19.4 Å². The Morgan fingerprint density at radius 3 is 2.61 bits per heavy atom. The molecule has 0 aromatic carbocycles. The van der Waals surface area contributed by atoms with Crippen molar-refractivity contribution in [3.8, 4) is 0 Å². The van der Waals surface area contributed by atoms with Crippen molar-refractivity contribution in [3.63, 3.8) is 0 Å². The summed E-state index contributed by atoms with van der Waals surface area (Å²) in [5.41, 5.74) is 0. The third-order valence-corrected chi connectivity index (χ3v) is 3.14. The van der Waals surface area contributed by atoms with Crippen LogP contribution < -0.4 is 9.44 Å². The van der Waals surface area contributed by atoms with Gasteiger partial charge in [-0.3, -0.25) is 0 Å². The van der Waals surface area contributed by atoms with Crippen molar-refractivity contribution < 1.29 is 21.6 Å². The summed E-state index contributed by atoms with van der Waals surface area (Å²) in [6, 6.07) is -0.703. The van der Waals surface area contributed by atoms with Crippen molar-refractivity contribution in [2.24, 2.45) is 0 Å². The summed E-state index contributed by atoms with van der Waals surface area (Å²) in [5, 5.41) is 0. The van der Waals surface area contributed by atoms with E-state index >= 15 is 0 Å². The number of H-pyrrole nitrogens is 1. The predicted octanol–water partition coefficient (Wildman–Crippen LogP) is 0.847. The number of hydrogen-bond donors (Lipinski definition) is 3. The van der Waals surface area contributed by atoms with Gasteiger partial charge in [-0.15, -0.1) is 0 Å². The number of halogens is 3. The van der Waals surface area contributed by atoms with Crippen LogP contribution in [0.4, 0.5) is 13.2 Å². The number of alkyl halides is 3. The molecule has 0 aliphatic rings. The summed E-state index contributed by atoms with van der Waals surface area (Å²) in [5.74, 6) is 0.342. The van der Waals surface area contributed by atoms with E-state index in [1.807, 2.05) is 0 Å². The lowest BCUT2D eigenvalue weighted by molar-refractivity contribution is -0.121. The fourth-order valence-electron chi connectivity index (χ4n) is 1.21. The third kappa shape index (κ3) is 5.02. The van der Waals surface area contributed by atoms with E-state index in [0.29, 0.717) is 12.2 Å². The van der Waals surface area contributed by atoms with Gasteiger partial charge in [0.05, 0.1) is 6.04 Å². The van der Waals surface area contributed by atoms with E-state index in [1.165, 1.54) is 17.1 Å². The molecule has 18 heavy (non-hydrogen) atoms. The summed E-state index contributed by atoms with van der Waals surface area (Å²) in [7, 11) is -4.23. The minimum atomic E-state index is -4.60. The highest BCUT2D eigenvalue weighted by atomic mass is 32.2. The summed E-state index contributed by atoms with van der Waals surface area (Å²) < 4.78 is 62.0. The first-order valence-electron chi connectivity index (χ1n) is 5.06. The average molecular weight is 286 g/mol. The van der Waals surface area contributed by atoms with E-state index < -0.39 is 29.0 Å². The zero-order valence-corrected chi connectivity index (χ0v) is 10.3. The molecule has 0 amide bonds. The second-order valence-corrected chi connectivity index (χ2v) is 5.02. The molecule has 1 unspecified atom stereocenters. The van der Waals surface area contributed by atoms with Crippen LogP contribution in [0, 0.1) is 0 Å². The summed E-state index contributed by atoms with van der Waals surface area (Å²) in [6.07, 6.45) is -1.33. The molecule has 1 rings (SSSR count). The Kier molecular flexibility index (Phi) is 4.71. The van der Waals surface area contributed by atoms with Crippen LogP contribution in [0.25, 0.3) is 0 Å². The molecule has 0 fully saturated rings. The molecule has 1 aromatic heterocycles. The largest absolute Gasteiger partial charge is 0.402 e. The van der Waals surface area contributed by atoms with Gasteiger partial charge < -0.3 is 4.98 Å². The minimum absolute atomic E-state index is 0.342. The molecule has 0 aliphatic heterocycles. The Morgan fingerprint density at radius 2 is 2.17 bits per heavy atom. The van der Waals surface area contributed by atoms with Gasteiger partial charge in [-0.2, -0.15) is 31.0 Å². The van der Waals surface area contributed by atoms with Crippen LogP contribution in [0.3, 0.4) is 0 Å². The number of nitrogens with one attached hydrogen (secondary N) is 3. The maximum absolute atomic E-state index is 11.9. The Morgan fingerprint density at radius 1 is 1.50 bits per heavy atom. The van der Waals surface area contributed by atoms with Gasteiger partial charge in [0.2, 0.25) is 0 Å². The van der Waals surface area contributed by atoms with Gasteiger partial charge in [-0.1, -0.05) is 6.92 Å². The summed E-state index contributed by atoms with van der Waals surface area (Å²) in [4.78, 5) is 6.54. The Bertz CT molecular complexity index is 457. The number of aromatic amines is 1. The zero-order valence-electron chi connectivity index (χ0n) is 9.45. The lowest BCUT2D eigenvalue weighted by atomic mass is 10.2. The molecule has 104 valence electrons. The number of aromatic nitrogens is 2. The molecular formula is C8H13F3N4O2S. The Balaban J connectivity index is 2.64. The summed E-state index contributed by atoms with van der Waals surface area (Å²) in [6.45, 7) is 0.0659. The van der Waals surface area contributed by atoms with Crippen LogP contribution in [-0.4, -0.2) is 31.1 Å². The second kappa shape index (κ2) is 5.67. The first-order chi connectivity index (χ1) is 8.23. The fraction of sp³-hybridized carbons (Fsp3) is 0.625. The standard InChI is InChI=1S/C8H13F3N4O2S/c1-2-6(7-12-3-4-13-7)15-18(16,17)14-5-8(9,10)11/h3-4,6,14-15H,2,5H2,1H3,(H,12,13). The molecular weight excluding hydrogens is 273 g/mol. The molecule has 3 N–H and O–H groups in total. The monoisotopic (exact) mass is 286 g/mol. The third-order valence-electron chi connectivity index (χ3n) is 2.02. The fourth-order valence-corrected chi connectivity index (χ4v) is 2.30. The number of hydrogen-bond acceptors (Lipinski definition) is 3. The molecule has 10 heteroatoms. The van der Waals surface area contributed by atoms with Crippen LogP contribution in [0.2, 0.25) is 0 Å². The maximum Gasteiger partial charge on any atom is 0.402 e. The molecule has 0 aliphatic carbocycles. The van der Waals surface area contributed by atoms with Gasteiger partial charge in [0.15, 0.2) is 0 Å². The van der Waals surface area contributed by atoms with Gasteiger partial charge in [0, 0.05) is 12.4 Å². The molecule has 1 aromatic rings. The van der Waals surface area contributed by atoms with E-state index in [1.54, 1.807) is 6.92 Å². The van der Waals surface area contributed by atoms with Gasteiger partial charge in [-0.05, 0) is 6.42 Å². The van der Waals surface area contributed by atoms with Crippen molar-refractivity contribution >= 4 is 10.2 Å². The summed E-state index contributed by atoms with van der Waals surface area (Å²) >= 11 is 0. The van der Waals surface area contributed by atoms with Crippen molar-refractivity contribution in [1.29, 1.82) is 0 Å². The van der Waals surface area contributed by atoms with Gasteiger partial charge in [0.25, 0.3) is 10.2 Å². The SMILES string of the molecule is CCC(NS(=O)(=O)NCC(F)(F)F)c1ncc[nH]1. The van der Waals surface area contributed by atoms with Crippen LogP contribution >= 0.6 is 0 Å². The van der Waals surface area contributed by atoms with E-state index in [-0.39, 0.29) is 0 Å². The number of nitrogens with zero attached hydrogens (tertiary/aromatic N) is 1. The molecule has 0 saturated heterocycles. The first-order valence-corrected chi connectivity index (χ1v) is 6.55. The molecule has 6 nitrogen and oxygen atoms in total. The van der Waals surface area contributed by atoms with Crippen molar-refractivity contribution in [2.45, 2.75) is 25.6 Å². The van der Waals surface area contributed by atoms with Gasteiger partial charge >= 0.3 is 6.18 Å². The van der Waals surface area contributed by atoms with E-state index in [0.717, 1.165) is 0 Å². The zero-order chi connectivity index (χ0) is 13.8. The number of rotatable bonds is 6. The van der Waals surface area contributed by atoms with Crippen molar-refractivity contribution in [2.75, 3.05) is 6.54 Å². The Hall–Kier alpha value is -1.13. The topological polar surface area (TPSA) is 86.9 Å². The molecule has 1 atom stereocenters. The molecule has 0 saturated carbocycles. The molecule has 0 spiro atoms. The first kappa shape index (κ1) is 14.9. The average Bonchev–Trinajstić information content (AvgIpc) is 2.76. The van der Waals surface area contributed by atoms with Crippen LogP contribution in [-0.2, 0) is 10.2 Å². The lowest BCUT2D eigenvalue weighted by Crippen LogP contribution is -2.43. The molecule has 0 bridgehead atoms. The highest BCUT2D eigenvalue weighted by Crippen LogP contribution is 2.14. The highest BCUT2D eigenvalue weighted by molar-refractivity contribution is 7.87. The van der Waals surface area contributed by atoms with E-state index in [2.05, 4.69) is 14.7 Å². The van der Waals surface area contributed by atoms with Crippen LogP contribution in [0.15, 0.2) is 12.4 Å². The smallest absolute Gasteiger partial charge is 0.347 e.